The summed E-state index contributed by atoms with van der Waals surface area (Å²) in [5.41, 5.74) is 8.48. The Bertz CT molecular complexity index is 1720. The highest BCUT2D eigenvalue weighted by molar-refractivity contribution is 7.11. The van der Waals surface area contributed by atoms with Crippen molar-refractivity contribution in [1.29, 1.82) is 0 Å². The number of piperidine rings is 1. The van der Waals surface area contributed by atoms with Crippen LogP contribution in [0.5, 0.6) is 0 Å². The first-order valence-corrected chi connectivity index (χ1v) is 18.2. The molecule has 2 aliphatic heterocycles. The Labute approximate surface area is 294 Å². The number of Topliss-reactive ketones (excluding diaryl/α,β-unsaturated/α-hetero) is 1. The van der Waals surface area contributed by atoms with Crippen LogP contribution in [0.15, 0.2) is 52.9 Å². The highest BCUT2D eigenvalue weighted by Crippen LogP contribution is 2.32. The molecule has 3 atom stereocenters. The van der Waals surface area contributed by atoms with Crippen LogP contribution in [0.4, 0.5) is 0 Å². The summed E-state index contributed by atoms with van der Waals surface area (Å²) in [5.74, 6) is -0.714. The number of aryl methyl sites for hydroxylation is 1. The van der Waals surface area contributed by atoms with Crippen molar-refractivity contribution in [3.63, 3.8) is 0 Å². The highest BCUT2D eigenvalue weighted by Gasteiger charge is 2.42. The summed E-state index contributed by atoms with van der Waals surface area (Å²) < 4.78 is 12.0. The van der Waals surface area contributed by atoms with E-state index >= 15 is 0 Å². The van der Waals surface area contributed by atoms with E-state index in [1.54, 1.807) is 46.6 Å². The second kappa shape index (κ2) is 16.4. The van der Waals surface area contributed by atoms with E-state index in [9.17, 15) is 14.4 Å². The summed E-state index contributed by atoms with van der Waals surface area (Å²) in [6, 6.07) is 12.8. The molecule has 260 valence electrons. The number of likely N-dealkylation sites (tertiary alicyclic amines) is 1. The number of hydrogen-bond acceptors (Lipinski definition) is 10. The van der Waals surface area contributed by atoms with Gasteiger partial charge in [-0.25, -0.2) is 9.97 Å². The van der Waals surface area contributed by atoms with Crippen molar-refractivity contribution in [2.45, 2.75) is 82.6 Å². The summed E-state index contributed by atoms with van der Waals surface area (Å²) >= 11 is 7.71. The molecule has 6 rings (SSSR count). The molecule has 0 saturated carbocycles. The fourth-order valence-electron chi connectivity index (χ4n) is 6.50. The summed E-state index contributed by atoms with van der Waals surface area (Å²) in [6.07, 6.45) is 3.70. The first kappa shape index (κ1) is 35.2. The third-order valence-electron chi connectivity index (χ3n) is 9.29. The largest absolute Gasteiger partial charge is 0.434 e. The second-order valence-electron chi connectivity index (χ2n) is 12.8. The number of carbonyl (C=O) groups excluding carboxylic acids is 3. The Kier molecular flexibility index (Phi) is 11.7. The molecule has 2 aromatic heterocycles. The molecular weight excluding hydrogens is 664 g/mol. The Morgan fingerprint density at radius 1 is 1.12 bits per heavy atom. The van der Waals surface area contributed by atoms with Crippen molar-refractivity contribution in [1.82, 2.24) is 25.5 Å². The van der Waals surface area contributed by atoms with Gasteiger partial charge in [0.05, 0.1) is 35.9 Å². The standard InChI is InChI=1S/C36H43ClN6O5S/c1-22-29(42-36(49-22)24-13-16-39-17-14-24)19-32(44)43-20-26(47-21-23-9-11-25(37)12-10-23)18-30(43)34(46)40-28(7-4-5-15-38)33(45)35-41-27-6-2-3-8-31(27)48-35/h2-3,6,8-12,24,26,28,30,39H,4-5,7,13-21,38H2,1H3,(H,40,46)/t26-,28+,30+/m1/s1. The van der Waals surface area contributed by atoms with Crippen molar-refractivity contribution in [3.05, 3.63) is 80.6 Å². The van der Waals surface area contributed by atoms with Gasteiger partial charge in [-0.15, -0.1) is 11.3 Å². The summed E-state index contributed by atoms with van der Waals surface area (Å²) in [6.45, 7) is 4.93. The molecule has 2 fully saturated rings. The van der Waals surface area contributed by atoms with Crippen LogP contribution in [0.2, 0.25) is 5.02 Å². The maximum atomic E-state index is 14.1. The second-order valence-corrected chi connectivity index (χ2v) is 14.5. The van der Waals surface area contributed by atoms with E-state index in [1.165, 1.54) is 0 Å². The SMILES string of the molecule is Cc1sc(C2CCNCC2)nc1CC(=O)N1C[C@H](OCc2ccc(Cl)cc2)C[C@H]1C(=O)N[C@@H](CCCCN)C(=O)c1nc2ccccc2o1. The zero-order chi connectivity index (χ0) is 34.3. The van der Waals surface area contributed by atoms with E-state index in [-0.39, 0.29) is 37.3 Å². The average Bonchev–Trinajstić information content (AvgIpc) is 3.85. The van der Waals surface area contributed by atoms with Crippen molar-refractivity contribution in [3.8, 4) is 0 Å². The molecule has 0 bridgehead atoms. The van der Waals surface area contributed by atoms with Crippen LogP contribution in [-0.4, -0.2) is 76.8 Å². The van der Waals surface area contributed by atoms with Crippen molar-refractivity contribution in [2.75, 3.05) is 26.2 Å². The van der Waals surface area contributed by atoms with Gasteiger partial charge in [-0.2, -0.15) is 0 Å². The van der Waals surface area contributed by atoms with Gasteiger partial charge in [0.25, 0.3) is 5.89 Å². The molecule has 0 radical (unpaired) electrons. The topological polar surface area (TPSA) is 153 Å². The first-order chi connectivity index (χ1) is 23.8. The molecule has 2 aliphatic rings. The first-order valence-electron chi connectivity index (χ1n) is 17.0. The summed E-state index contributed by atoms with van der Waals surface area (Å²) in [4.78, 5) is 53.7. The fraction of sp³-hybridized carbons (Fsp3) is 0.472. The maximum absolute atomic E-state index is 14.1. The number of carbonyl (C=O) groups is 3. The highest BCUT2D eigenvalue weighted by atomic mass is 35.5. The van der Waals surface area contributed by atoms with Crippen LogP contribution in [-0.2, 0) is 27.4 Å². The van der Waals surface area contributed by atoms with Gasteiger partial charge in [-0.3, -0.25) is 14.4 Å². The van der Waals surface area contributed by atoms with Gasteiger partial charge in [0.1, 0.15) is 11.6 Å². The Morgan fingerprint density at radius 2 is 1.90 bits per heavy atom. The van der Waals surface area contributed by atoms with Gasteiger partial charge in [-0.1, -0.05) is 35.9 Å². The zero-order valence-electron chi connectivity index (χ0n) is 27.7. The molecular formula is C36H43ClN6O5S. The Morgan fingerprint density at radius 3 is 2.65 bits per heavy atom. The monoisotopic (exact) mass is 706 g/mol. The van der Waals surface area contributed by atoms with Gasteiger partial charge < -0.3 is 30.4 Å². The molecule has 4 N–H and O–H groups in total. The number of fused-ring (bicyclic) bond motifs is 1. The number of thiazole rings is 1. The molecule has 0 aliphatic carbocycles. The molecule has 0 unspecified atom stereocenters. The molecule has 2 amide bonds. The predicted molar refractivity (Wildman–Crippen MR) is 189 cm³/mol. The number of halogens is 1. The van der Waals surface area contributed by atoms with Crippen molar-refractivity contribution >= 4 is 51.6 Å². The third kappa shape index (κ3) is 8.74. The number of amides is 2. The number of unbranched alkanes of at least 4 members (excludes halogenated alkanes) is 1. The van der Waals surface area contributed by atoms with E-state index in [2.05, 4.69) is 15.6 Å². The van der Waals surface area contributed by atoms with E-state index < -0.39 is 23.8 Å². The molecule has 49 heavy (non-hydrogen) atoms. The van der Waals surface area contributed by atoms with Crippen LogP contribution in [0.1, 0.15) is 76.3 Å². The lowest BCUT2D eigenvalue weighted by Crippen LogP contribution is -2.51. The zero-order valence-corrected chi connectivity index (χ0v) is 29.2. The number of benzene rings is 2. The molecule has 2 saturated heterocycles. The molecule has 2 aromatic carbocycles. The number of oxazole rings is 1. The number of ether oxygens (including phenoxy) is 1. The number of hydrogen-bond donors (Lipinski definition) is 3. The molecule has 4 aromatic rings. The maximum Gasteiger partial charge on any atom is 0.266 e. The minimum absolute atomic E-state index is 0.0636. The number of rotatable bonds is 14. The van der Waals surface area contributed by atoms with Gasteiger partial charge >= 0.3 is 0 Å². The summed E-state index contributed by atoms with van der Waals surface area (Å²) in [5, 5.41) is 8.05. The van der Waals surface area contributed by atoms with Crippen LogP contribution < -0.4 is 16.4 Å². The minimum Gasteiger partial charge on any atom is -0.434 e. The number of nitrogens with one attached hydrogen (secondary N) is 2. The minimum atomic E-state index is -0.897. The lowest BCUT2D eigenvalue weighted by molar-refractivity contribution is -0.138. The summed E-state index contributed by atoms with van der Waals surface area (Å²) in [7, 11) is 0. The van der Waals surface area contributed by atoms with Crippen molar-refractivity contribution < 1.29 is 23.5 Å². The number of para-hydroxylation sites is 2. The average molecular weight is 707 g/mol. The van der Waals surface area contributed by atoms with E-state index in [0.717, 1.165) is 47.1 Å². The number of aromatic nitrogens is 2. The lowest BCUT2D eigenvalue weighted by atomic mass is 9.99. The molecule has 13 heteroatoms. The van der Waals surface area contributed by atoms with Crippen LogP contribution in [0.3, 0.4) is 0 Å². The predicted octanol–water partition coefficient (Wildman–Crippen LogP) is 4.94. The van der Waals surface area contributed by atoms with E-state index in [0.29, 0.717) is 54.5 Å². The van der Waals surface area contributed by atoms with Crippen molar-refractivity contribution in [2.24, 2.45) is 5.73 Å². The third-order valence-corrected chi connectivity index (χ3v) is 10.7. The van der Waals surface area contributed by atoms with Crippen LogP contribution >= 0.6 is 22.9 Å². The molecule has 11 nitrogen and oxygen atoms in total. The van der Waals surface area contributed by atoms with E-state index in [1.807, 2.05) is 25.1 Å². The lowest BCUT2D eigenvalue weighted by Gasteiger charge is -2.25. The normalized spacial score (nSPS) is 19.0. The number of nitrogens with zero attached hydrogens (tertiary/aromatic N) is 3. The quantitative estimate of drug-likeness (QED) is 0.122. The van der Waals surface area contributed by atoms with Crippen LogP contribution in [0.25, 0.3) is 11.1 Å². The molecule has 4 heterocycles. The van der Waals surface area contributed by atoms with Gasteiger partial charge in [0.2, 0.25) is 17.6 Å². The Balaban J connectivity index is 1.20. The Hall–Kier alpha value is -3.68. The molecule has 0 spiro atoms. The smallest absolute Gasteiger partial charge is 0.266 e. The van der Waals surface area contributed by atoms with E-state index in [4.69, 9.17) is 31.5 Å². The van der Waals surface area contributed by atoms with Gasteiger partial charge in [0, 0.05) is 28.8 Å². The number of ketones is 1. The van der Waals surface area contributed by atoms with Gasteiger partial charge in [-0.05, 0) is 88.5 Å². The van der Waals surface area contributed by atoms with Crippen LogP contribution in [0, 0.1) is 6.92 Å². The fourth-order valence-corrected chi connectivity index (χ4v) is 7.73. The van der Waals surface area contributed by atoms with Gasteiger partial charge in [0.15, 0.2) is 5.58 Å². The number of nitrogens with two attached hydrogens (primary N) is 1.